The number of phenolic OH excluding ortho intramolecular Hbond substituents is 2. The van der Waals surface area contributed by atoms with E-state index in [9.17, 15) is 18.6 Å². The Hall–Kier alpha value is -3.09. The summed E-state index contributed by atoms with van der Waals surface area (Å²) in [5.41, 5.74) is 3.07. The van der Waals surface area contributed by atoms with Gasteiger partial charge in [0.15, 0.2) is 8.32 Å². The molecule has 0 aliphatic heterocycles. The Morgan fingerprint density at radius 3 is 2.07 bits per heavy atom. The summed E-state index contributed by atoms with van der Waals surface area (Å²) in [4.78, 5) is 2.50. The maximum atomic E-state index is 11.9. The number of unbranched alkanes of at least 4 members (excludes halogenated alkanes) is 4. The summed E-state index contributed by atoms with van der Waals surface area (Å²) in [5, 5.41) is 24.9. The van der Waals surface area contributed by atoms with Crippen LogP contribution in [0.4, 0.5) is 5.69 Å². The Morgan fingerprint density at radius 2 is 1.44 bits per heavy atom. The lowest BCUT2D eigenvalue weighted by molar-refractivity contribution is 0.170. The molecule has 9 nitrogen and oxygen atoms in total. The lowest BCUT2D eigenvalue weighted by Crippen LogP contribution is -2.43. The van der Waals surface area contributed by atoms with Crippen molar-refractivity contribution in [2.45, 2.75) is 129 Å². The van der Waals surface area contributed by atoms with Gasteiger partial charge in [0, 0.05) is 30.1 Å². The molecule has 0 amide bonds. The molecule has 2 unspecified atom stereocenters. The number of ether oxygens (including phenoxy) is 1. The average Bonchev–Trinajstić information content (AvgIpc) is 3.07. The molecular formula is C43H69N3O6SSi. The van der Waals surface area contributed by atoms with E-state index in [-0.39, 0.29) is 28.5 Å². The molecule has 2 atom stereocenters. The Kier molecular flexibility index (Phi) is 17.4. The molecule has 4 N–H and O–H groups in total. The number of phenols is 2. The SMILES string of the molecule is CC(C)N(CCC(c1ccccc1)c1cc(OCCCCCCCNCC(O[Si](C)(C)C(C)(C)C)c2ccc(O)c(NS(C)(=O)=O)c2)ccc1O)C(C)C. The lowest BCUT2D eigenvalue weighted by Gasteiger charge is -2.39. The highest BCUT2D eigenvalue weighted by atomic mass is 32.2. The van der Waals surface area contributed by atoms with Crippen LogP contribution in [0.2, 0.25) is 18.1 Å². The van der Waals surface area contributed by atoms with Crippen molar-refractivity contribution in [2.75, 3.05) is 37.2 Å². The maximum absolute atomic E-state index is 11.9. The van der Waals surface area contributed by atoms with Gasteiger partial charge in [0.25, 0.3) is 0 Å². The summed E-state index contributed by atoms with van der Waals surface area (Å²) in [6.07, 6.45) is 6.92. The Bertz CT molecular complexity index is 1670. The highest BCUT2D eigenvalue weighted by Crippen LogP contribution is 2.41. The van der Waals surface area contributed by atoms with E-state index in [1.54, 1.807) is 18.2 Å². The molecule has 0 saturated carbocycles. The van der Waals surface area contributed by atoms with E-state index in [0.717, 1.165) is 74.7 Å². The first-order valence-electron chi connectivity index (χ1n) is 19.7. The van der Waals surface area contributed by atoms with Crippen LogP contribution < -0.4 is 14.8 Å². The quantitative estimate of drug-likeness (QED) is 0.0427. The molecule has 3 aromatic carbocycles. The number of benzene rings is 3. The third-order valence-electron chi connectivity index (χ3n) is 10.6. The Labute approximate surface area is 328 Å². The molecular weight excluding hydrogens is 715 g/mol. The van der Waals surface area contributed by atoms with Gasteiger partial charge in [0.1, 0.15) is 17.2 Å². The molecule has 0 fully saturated rings. The number of rotatable bonds is 23. The van der Waals surface area contributed by atoms with Crippen LogP contribution in [0.3, 0.4) is 0 Å². The fraction of sp³-hybridized carbons (Fsp3) is 0.581. The van der Waals surface area contributed by atoms with Crippen molar-refractivity contribution >= 4 is 24.0 Å². The second-order valence-corrected chi connectivity index (χ2v) is 23.2. The zero-order valence-corrected chi connectivity index (χ0v) is 36.4. The van der Waals surface area contributed by atoms with Crippen molar-refractivity contribution in [3.63, 3.8) is 0 Å². The van der Waals surface area contributed by atoms with E-state index in [0.29, 0.717) is 31.0 Å². The topological polar surface area (TPSA) is 120 Å². The van der Waals surface area contributed by atoms with Gasteiger partial charge in [-0.2, -0.15) is 0 Å². The monoisotopic (exact) mass is 783 g/mol. The van der Waals surface area contributed by atoms with E-state index in [1.165, 1.54) is 11.6 Å². The van der Waals surface area contributed by atoms with Crippen LogP contribution in [0.15, 0.2) is 66.7 Å². The van der Waals surface area contributed by atoms with Crippen molar-refractivity contribution in [3.8, 4) is 17.2 Å². The number of hydrogen-bond acceptors (Lipinski definition) is 8. The lowest BCUT2D eigenvalue weighted by atomic mass is 9.87. The number of nitrogens with zero attached hydrogens (tertiary/aromatic N) is 1. The summed E-state index contributed by atoms with van der Waals surface area (Å²) >= 11 is 0. The summed E-state index contributed by atoms with van der Waals surface area (Å²) in [6.45, 7) is 22.9. The van der Waals surface area contributed by atoms with Gasteiger partial charge >= 0.3 is 0 Å². The standard InChI is InChI=1S/C43H69N3O6SSi/c1-32(2)46(33(3)4)27-25-37(34-19-15-14-16-20-34)38-30-36(22-24-40(38)47)51-28-18-13-11-12-17-26-44-31-42(52-54(9,10)43(5,6)7)35-21-23-41(48)39(29-35)45-53(8,49)50/h14-16,19-24,29-30,32-33,37,42,44-45,47-48H,11-13,17-18,25-28,31H2,1-10H3. The normalized spacial score (nSPS) is 13.8. The molecule has 0 heterocycles. The fourth-order valence-electron chi connectivity index (χ4n) is 6.58. The number of nitrogens with one attached hydrogen (secondary N) is 2. The van der Waals surface area contributed by atoms with Gasteiger partial charge in [-0.05, 0) is 120 Å². The molecule has 0 aliphatic carbocycles. The van der Waals surface area contributed by atoms with Gasteiger partial charge in [0.2, 0.25) is 10.0 Å². The second-order valence-electron chi connectivity index (χ2n) is 16.7. The molecule has 0 saturated heterocycles. The number of anilines is 1. The second kappa shape index (κ2) is 20.7. The predicted molar refractivity (Wildman–Crippen MR) is 227 cm³/mol. The number of aromatic hydroxyl groups is 2. The van der Waals surface area contributed by atoms with Gasteiger partial charge in [-0.1, -0.05) is 76.4 Å². The third kappa shape index (κ3) is 14.5. The van der Waals surface area contributed by atoms with E-state index in [2.05, 4.69) is 101 Å². The molecule has 0 radical (unpaired) electrons. The third-order valence-corrected chi connectivity index (χ3v) is 15.7. The summed E-state index contributed by atoms with van der Waals surface area (Å²) in [7, 11) is -5.71. The predicted octanol–water partition coefficient (Wildman–Crippen LogP) is 9.79. The van der Waals surface area contributed by atoms with Crippen LogP contribution >= 0.6 is 0 Å². The number of sulfonamides is 1. The number of hydrogen-bond donors (Lipinski definition) is 4. The van der Waals surface area contributed by atoms with E-state index in [4.69, 9.17) is 9.16 Å². The molecule has 3 aromatic rings. The fourth-order valence-corrected chi connectivity index (χ4v) is 8.43. The molecule has 11 heteroatoms. The van der Waals surface area contributed by atoms with Crippen LogP contribution in [0.25, 0.3) is 0 Å². The minimum absolute atomic E-state index is 0.00211. The zero-order chi connectivity index (χ0) is 40.1. The highest BCUT2D eigenvalue weighted by Gasteiger charge is 2.39. The first-order chi connectivity index (χ1) is 25.3. The Balaban J connectivity index is 1.50. The van der Waals surface area contributed by atoms with Crippen molar-refractivity contribution in [1.29, 1.82) is 0 Å². The van der Waals surface area contributed by atoms with Crippen LogP contribution in [0, 0.1) is 0 Å². The molecule has 0 aromatic heterocycles. The van der Waals surface area contributed by atoms with Crippen molar-refractivity contribution in [2.24, 2.45) is 0 Å². The zero-order valence-electron chi connectivity index (χ0n) is 34.6. The first kappa shape index (κ1) is 45.3. The van der Waals surface area contributed by atoms with Crippen molar-refractivity contribution in [3.05, 3.63) is 83.4 Å². The van der Waals surface area contributed by atoms with E-state index in [1.807, 2.05) is 18.2 Å². The summed E-state index contributed by atoms with van der Waals surface area (Å²) in [5.74, 6) is 1.04. The van der Waals surface area contributed by atoms with Gasteiger partial charge < -0.3 is 24.7 Å². The van der Waals surface area contributed by atoms with Crippen LogP contribution in [-0.2, 0) is 14.4 Å². The molecule has 0 bridgehead atoms. The smallest absolute Gasteiger partial charge is 0.229 e. The van der Waals surface area contributed by atoms with Gasteiger partial charge in [0.05, 0.1) is 24.7 Å². The van der Waals surface area contributed by atoms with Crippen LogP contribution in [-0.4, -0.2) is 76.4 Å². The molecule has 54 heavy (non-hydrogen) atoms. The summed E-state index contributed by atoms with van der Waals surface area (Å²) < 4.78 is 39.2. The van der Waals surface area contributed by atoms with E-state index < -0.39 is 18.3 Å². The minimum atomic E-state index is -3.55. The molecule has 302 valence electrons. The van der Waals surface area contributed by atoms with Gasteiger partial charge in [-0.25, -0.2) is 8.42 Å². The highest BCUT2D eigenvalue weighted by molar-refractivity contribution is 7.92. The van der Waals surface area contributed by atoms with Crippen LogP contribution in [0.1, 0.15) is 116 Å². The largest absolute Gasteiger partial charge is 0.508 e. The summed E-state index contributed by atoms with van der Waals surface area (Å²) in [6, 6.07) is 22.0. The van der Waals surface area contributed by atoms with Gasteiger partial charge in [-0.3, -0.25) is 9.62 Å². The average molecular weight is 784 g/mol. The van der Waals surface area contributed by atoms with Crippen molar-refractivity contribution in [1.82, 2.24) is 10.2 Å². The first-order valence-corrected chi connectivity index (χ1v) is 24.5. The molecule has 3 rings (SSSR count). The molecule has 0 spiro atoms. The van der Waals surface area contributed by atoms with Crippen molar-refractivity contribution < 1.29 is 27.8 Å². The maximum Gasteiger partial charge on any atom is 0.229 e. The molecule has 0 aliphatic rings. The minimum Gasteiger partial charge on any atom is -0.508 e. The van der Waals surface area contributed by atoms with E-state index >= 15 is 0 Å². The van der Waals surface area contributed by atoms with Crippen LogP contribution in [0.5, 0.6) is 17.2 Å². The Morgan fingerprint density at radius 1 is 0.815 bits per heavy atom. The van der Waals surface area contributed by atoms with Gasteiger partial charge in [-0.15, -0.1) is 0 Å².